The zero-order valence-electron chi connectivity index (χ0n) is 11.0. The van der Waals surface area contributed by atoms with Crippen LogP contribution in [0.25, 0.3) is 0 Å². The molecule has 0 saturated heterocycles. The SMILES string of the molecule is Cc1ccc(NC(C)C2(C)CC2)cc1S(N)(=O)=O. The van der Waals surface area contributed by atoms with E-state index < -0.39 is 10.0 Å². The number of sulfonamides is 1. The van der Waals surface area contributed by atoms with Crippen molar-refractivity contribution < 1.29 is 8.42 Å². The van der Waals surface area contributed by atoms with E-state index in [9.17, 15) is 8.42 Å². The summed E-state index contributed by atoms with van der Waals surface area (Å²) in [6.07, 6.45) is 2.43. The lowest BCUT2D eigenvalue weighted by atomic mass is 10.0. The third-order valence-corrected chi connectivity index (χ3v) is 5.01. The van der Waals surface area contributed by atoms with Crippen molar-refractivity contribution in [3.63, 3.8) is 0 Å². The molecule has 1 unspecified atom stereocenters. The lowest BCUT2D eigenvalue weighted by Gasteiger charge is -2.22. The first kappa shape index (κ1) is 13.4. The molecule has 1 aromatic rings. The van der Waals surface area contributed by atoms with Gasteiger partial charge < -0.3 is 5.32 Å². The van der Waals surface area contributed by atoms with Gasteiger partial charge in [-0.25, -0.2) is 13.6 Å². The molecular formula is C13H20N2O2S. The van der Waals surface area contributed by atoms with Crippen LogP contribution < -0.4 is 10.5 Å². The predicted molar refractivity (Wildman–Crippen MR) is 73.0 cm³/mol. The molecule has 18 heavy (non-hydrogen) atoms. The average molecular weight is 268 g/mol. The Hall–Kier alpha value is -1.07. The monoisotopic (exact) mass is 268 g/mol. The zero-order chi connectivity index (χ0) is 13.6. The molecule has 1 fully saturated rings. The molecule has 1 aliphatic rings. The molecular weight excluding hydrogens is 248 g/mol. The largest absolute Gasteiger partial charge is 0.382 e. The molecule has 0 amide bonds. The molecule has 4 nitrogen and oxygen atoms in total. The maximum Gasteiger partial charge on any atom is 0.238 e. The summed E-state index contributed by atoms with van der Waals surface area (Å²) in [5.74, 6) is 0. The molecule has 0 spiro atoms. The summed E-state index contributed by atoms with van der Waals surface area (Å²) in [6, 6.07) is 5.62. The average Bonchev–Trinajstić information content (AvgIpc) is 2.99. The summed E-state index contributed by atoms with van der Waals surface area (Å²) in [5.41, 5.74) is 1.82. The number of benzene rings is 1. The van der Waals surface area contributed by atoms with Gasteiger partial charge in [-0.2, -0.15) is 0 Å². The lowest BCUT2D eigenvalue weighted by molar-refractivity contribution is 0.493. The minimum atomic E-state index is -3.65. The van der Waals surface area contributed by atoms with Gasteiger partial charge in [0.15, 0.2) is 0 Å². The summed E-state index contributed by atoms with van der Waals surface area (Å²) >= 11 is 0. The first-order valence-electron chi connectivity index (χ1n) is 6.12. The van der Waals surface area contributed by atoms with Crippen molar-refractivity contribution in [2.45, 2.75) is 44.6 Å². The van der Waals surface area contributed by atoms with Gasteiger partial charge in [0.2, 0.25) is 10.0 Å². The second-order valence-corrected chi connectivity index (χ2v) is 7.08. The Morgan fingerprint density at radius 1 is 1.39 bits per heavy atom. The molecule has 100 valence electrons. The van der Waals surface area contributed by atoms with Gasteiger partial charge in [-0.05, 0) is 49.8 Å². The normalized spacial score (nSPS) is 19.3. The Kier molecular flexibility index (Phi) is 3.15. The van der Waals surface area contributed by atoms with E-state index in [1.165, 1.54) is 12.8 Å². The molecule has 0 aromatic heterocycles. The fourth-order valence-electron chi connectivity index (χ4n) is 2.05. The van der Waals surface area contributed by atoms with Crippen LogP contribution in [-0.4, -0.2) is 14.5 Å². The predicted octanol–water partition coefficient (Wildman–Crippen LogP) is 2.24. The highest BCUT2D eigenvalue weighted by molar-refractivity contribution is 7.89. The number of hydrogen-bond donors (Lipinski definition) is 2. The van der Waals surface area contributed by atoms with Crippen LogP contribution in [0.1, 0.15) is 32.3 Å². The van der Waals surface area contributed by atoms with Crippen molar-refractivity contribution in [2.75, 3.05) is 5.32 Å². The molecule has 0 bridgehead atoms. The highest BCUT2D eigenvalue weighted by atomic mass is 32.2. The first-order valence-corrected chi connectivity index (χ1v) is 7.67. The van der Waals surface area contributed by atoms with Crippen molar-refractivity contribution in [3.8, 4) is 0 Å². The van der Waals surface area contributed by atoms with Crippen LogP contribution in [0.3, 0.4) is 0 Å². The van der Waals surface area contributed by atoms with Crippen LogP contribution in [0.15, 0.2) is 23.1 Å². The molecule has 0 radical (unpaired) electrons. The molecule has 0 heterocycles. The van der Waals surface area contributed by atoms with Crippen LogP contribution in [0.5, 0.6) is 0 Å². The van der Waals surface area contributed by atoms with Gasteiger partial charge in [0, 0.05) is 11.7 Å². The van der Waals surface area contributed by atoms with E-state index in [2.05, 4.69) is 19.2 Å². The number of rotatable bonds is 4. The topological polar surface area (TPSA) is 72.2 Å². The van der Waals surface area contributed by atoms with Crippen LogP contribution in [0.2, 0.25) is 0 Å². The fourth-order valence-corrected chi connectivity index (χ4v) is 2.86. The number of primary sulfonamides is 1. The van der Waals surface area contributed by atoms with E-state index in [-0.39, 0.29) is 4.90 Å². The molecule has 1 saturated carbocycles. The highest BCUT2D eigenvalue weighted by Gasteiger charge is 2.42. The van der Waals surface area contributed by atoms with Gasteiger partial charge in [-0.1, -0.05) is 13.0 Å². The number of hydrogen-bond acceptors (Lipinski definition) is 3. The van der Waals surface area contributed by atoms with E-state index in [1.807, 2.05) is 6.07 Å². The second-order valence-electron chi connectivity index (χ2n) is 5.55. The van der Waals surface area contributed by atoms with E-state index in [0.29, 0.717) is 17.0 Å². The Morgan fingerprint density at radius 2 is 2.00 bits per heavy atom. The summed E-state index contributed by atoms with van der Waals surface area (Å²) in [5, 5.41) is 8.56. The Labute approximate surface area is 109 Å². The van der Waals surface area contributed by atoms with Crippen molar-refractivity contribution in [1.29, 1.82) is 0 Å². The number of anilines is 1. The Bertz CT molecular complexity index is 562. The van der Waals surface area contributed by atoms with Crippen molar-refractivity contribution in [3.05, 3.63) is 23.8 Å². The van der Waals surface area contributed by atoms with E-state index >= 15 is 0 Å². The van der Waals surface area contributed by atoms with Gasteiger partial charge in [-0.3, -0.25) is 0 Å². The van der Waals surface area contributed by atoms with Crippen LogP contribution in [0, 0.1) is 12.3 Å². The van der Waals surface area contributed by atoms with Crippen LogP contribution >= 0.6 is 0 Å². The van der Waals surface area contributed by atoms with E-state index in [4.69, 9.17) is 5.14 Å². The molecule has 1 aromatic carbocycles. The molecule has 5 heteroatoms. The fraction of sp³-hybridized carbons (Fsp3) is 0.538. The minimum Gasteiger partial charge on any atom is -0.382 e. The summed E-state index contributed by atoms with van der Waals surface area (Å²) in [6.45, 7) is 6.11. The molecule has 2 rings (SSSR count). The van der Waals surface area contributed by atoms with Gasteiger partial charge >= 0.3 is 0 Å². The van der Waals surface area contributed by atoms with Crippen molar-refractivity contribution in [1.82, 2.24) is 0 Å². The standard InChI is InChI=1S/C13H20N2O2S/c1-9-4-5-11(8-12(9)18(14,16)17)15-10(2)13(3)6-7-13/h4-5,8,10,15H,6-7H2,1-3H3,(H2,14,16,17). The lowest BCUT2D eigenvalue weighted by Crippen LogP contribution is -2.25. The number of nitrogens with two attached hydrogens (primary N) is 1. The third-order valence-electron chi connectivity index (χ3n) is 3.96. The Balaban J connectivity index is 2.25. The quantitative estimate of drug-likeness (QED) is 0.879. The van der Waals surface area contributed by atoms with Gasteiger partial charge in [-0.15, -0.1) is 0 Å². The summed E-state index contributed by atoms with van der Waals surface area (Å²) < 4.78 is 22.9. The third kappa shape index (κ3) is 2.67. The van der Waals surface area contributed by atoms with Crippen LogP contribution in [-0.2, 0) is 10.0 Å². The number of aryl methyl sites for hydroxylation is 1. The molecule has 1 aliphatic carbocycles. The summed E-state index contributed by atoms with van der Waals surface area (Å²) in [4.78, 5) is 0.195. The molecule has 0 aliphatic heterocycles. The van der Waals surface area contributed by atoms with Gasteiger partial charge in [0.05, 0.1) is 4.90 Å². The zero-order valence-corrected chi connectivity index (χ0v) is 11.8. The Morgan fingerprint density at radius 3 is 2.50 bits per heavy atom. The van der Waals surface area contributed by atoms with Crippen molar-refractivity contribution in [2.24, 2.45) is 10.6 Å². The van der Waals surface area contributed by atoms with Gasteiger partial charge in [0.1, 0.15) is 0 Å². The maximum absolute atomic E-state index is 11.5. The van der Waals surface area contributed by atoms with E-state index in [0.717, 1.165) is 5.69 Å². The second kappa shape index (κ2) is 4.24. The van der Waals surface area contributed by atoms with Gasteiger partial charge in [0.25, 0.3) is 0 Å². The number of nitrogens with one attached hydrogen (secondary N) is 1. The highest BCUT2D eigenvalue weighted by Crippen LogP contribution is 2.48. The summed E-state index contributed by atoms with van der Waals surface area (Å²) in [7, 11) is -3.65. The minimum absolute atomic E-state index is 0.195. The van der Waals surface area contributed by atoms with Crippen LogP contribution in [0.4, 0.5) is 5.69 Å². The maximum atomic E-state index is 11.5. The van der Waals surface area contributed by atoms with Crippen molar-refractivity contribution >= 4 is 15.7 Å². The molecule has 1 atom stereocenters. The first-order chi connectivity index (χ1) is 8.22. The molecule has 3 N–H and O–H groups in total. The smallest absolute Gasteiger partial charge is 0.238 e. The van der Waals surface area contributed by atoms with E-state index in [1.54, 1.807) is 19.1 Å².